The molecule has 0 fully saturated rings. The van der Waals surface area contributed by atoms with Gasteiger partial charge in [0.2, 0.25) is 5.88 Å². The van der Waals surface area contributed by atoms with Gasteiger partial charge in [-0.05, 0) is 20.8 Å². The average Bonchev–Trinajstić information content (AvgIpc) is 2.70. The molecule has 0 N–H and O–H groups in total. The molecule has 0 bridgehead atoms. The zero-order valence-corrected chi connectivity index (χ0v) is 11.2. The molecule has 2 aromatic rings. The van der Waals surface area contributed by atoms with Gasteiger partial charge in [0.05, 0.1) is 17.0 Å². The van der Waals surface area contributed by atoms with Crippen molar-refractivity contribution >= 4 is 6.29 Å². The van der Waals surface area contributed by atoms with E-state index in [0.29, 0.717) is 22.9 Å². The van der Waals surface area contributed by atoms with Gasteiger partial charge in [-0.25, -0.2) is 4.68 Å². The van der Waals surface area contributed by atoms with Crippen molar-refractivity contribution in [2.24, 2.45) is 14.1 Å². The summed E-state index contributed by atoms with van der Waals surface area (Å²) in [5, 5.41) is 8.45. The second kappa shape index (κ2) is 4.29. The Morgan fingerprint density at radius 1 is 1.06 bits per heavy atom. The Labute approximate surface area is 105 Å². The van der Waals surface area contributed by atoms with Crippen LogP contribution in [-0.4, -0.2) is 25.8 Å². The standard InChI is InChI=1S/C12H16N4O2/c1-7-10(6-17)12(16(5)13-7)18-11-8(2)14-15(4)9(11)3/h6H,1-5H3. The molecule has 0 unspecified atom stereocenters. The van der Waals surface area contributed by atoms with Crippen molar-refractivity contribution < 1.29 is 9.53 Å². The van der Waals surface area contributed by atoms with Crippen LogP contribution in [0, 0.1) is 20.8 Å². The summed E-state index contributed by atoms with van der Waals surface area (Å²) in [5.41, 5.74) is 2.82. The van der Waals surface area contributed by atoms with E-state index in [1.54, 1.807) is 23.3 Å². The van der Waals surface area contributed by atoms with Crippen molar-refractivity contribution in [1.82, 2.24) is 19.6 Å². The molecule has 2 aromatic heterocycles. The van der Waals surface area contributed by atoms with Gasteiger partial charge in [0.1, 0.15) is 5.69 Å². The van der Waals surface area contributed by atoms with Crippen LogP contribution < -0.4 is 4.74 Å². The lowest BCUT2D eigenvalue weighted by atomic mass is 10.3. The van der Waals surface area contributed by atoms with Crippen molar-refractivity contribution in [1.29, 1.82) is 0 Å². The first kappa shape index (κ1) is 12.3. The number of hydrogen-bond donors (Lipinski definition) is 0. The summed E-state index contributed by atoms with van der Waals surface area (Å²) in [4.78, 5) is 11.1. The zero-order chi connectivity index (χ0) is 13.4. The first-order valence-corrected chi connectivity index (χ1v) is 5.62. The van der Waals surface area contributed by atoms with Crippen LogP contribution in [-0.2, 0) is 14.1 Å². The van der Waals surface area contributed by atoms with Crippen molar-refractivity contribution in [2.75, 3.05) is 0 Å². The van der Waals surface area contributed by atoms with Crippen molar-refractivity contribution in [2.45, 2.75) is 20.8 Å². The number of aryl methyl sites for hydroxylation is 4. The second-order valence-electron chi connectivity index (χ2n) is 4.27. The van der Waals surface area contributed by atoms with Gasteiger partial charge in [-0.15, -0.1) is 0 Å². The van der Waals surface area contributed by atoms with Gasteiger partial charge in [-0.1, -0.05) is 0 Å². The highest BCUT2D eigenvalue weighted by Gasteiger charge is 2.18. The van der Waals surface area contributed by atoms with Gasteiger partial charge < -0.3 is 4.74 Å². The molecule has 0 saturated carbocycles. The molecule has 0 aromatic carbocycles. The molecule has 0 amide bonds. The van der Waals surface area contributed by atoms with Crippen molar-refractivity contribution in [3.8, 4) is 11.6 Å². The van der Waals surface area contributed by atoms with Crippen LogP contribution in [0.3, 0.4) is 0 Å². The molecule has 0 aliphatic heterocycles. The van der Waals surface area contributed by atoms with E-state index in [2.05, 4.69) is 10.2 Å². The number of ether oxygens (including phenoxy) is 1. The van der Waals surface area contributed by atoms with Crippen LogP contribution in [0.5, 0.6) is 11.6 Å². The minimum Gasteiger partial charge on any atom is -0.435 e. The molecule has 6 heteroatoms. The SMILES string of the molecule is Cc1nn(C)c(Oc2c(C)nn(C)c2C)c1C=O. The van der Waals surface area contributed by atoms with E-state index in [1.807, 2.05) is 20.9 Å². The van der Waals surface area contributed by atoms with Crippen LogP contribution >= 0.6 is 0 Å². The fraction of sp³-hybridized carbons (Fsp3) is 0.417. The Morgan fingerprint density at radius 2 is 1.67 bits per heavy atom. The van der Waals surface area contributed by atoms with E-state index >= 15 is 0 Å². The Morgan fingerprint density at radius 3 is 2.17 bits per heavy atom. The predicted molar refractivity (Wildman–Crippen MR) is 66.1 cm³/mol. The third kappa shape index (κ3) is 1.79. The molecular formula is C12H16N4O2. The number of rotatable bonds is 3. The number of carbonyl (C=O) groups excluding carboxylic acids is 1. The molecule has 0 atom stereocenters. The molecule has 2 rings (SSSR count). The van der Waals surface area contributed by atoms with Crippen LogP contribution in [0.1, 0.15) is 27.4 Å². The Bertz CT molecular complexity index is 610. The molecular weight excluding hydrogens is 232 g/mol. The fourth-order valence-electron chi connectivity index (χ4n) is 1.91. The normalized spacial score (nSPS) is 10.7. The molecule has 2 heterocycles. The highest BCUT2D eigenvalue weighted by molar-refractivity contribution is 5.80. The van der Waals surface area contributed by atoms with E-state index in [1.165, 1.54) is 0 Å². The number of nitrogens with zero attached hydrogens (tertiary/aromatic N) is 4. The topological polar surface area (TPSA) is 61.9 Å². The van der Waals surface area contributed by atoms with Gasteiger partial charge in [0.15, 0.2) is 12.0 Å². The summed E-state index contributed by atoms with van der Waals surface area (Å²) >= 11 is 0. The summed E-state index contributed by atoms with van der Waals surface area (Å²) < 4.78 is 9.13. The fourth-order valence-corrected chi connectivity index (χ4v) is 1.91. The van der Waals surface area contributed by atoms with Gasteiger partial charge in [-0.2, -0.15) is 10.2 Å². The van der Waals surface area contributed by atoms with E-state index in [4.69, 9.17) is 4.74 Å². The summed E-state index contributed by atoms with van der Waals surface area (Å²) in [5.74, 6) is 1.12. The first-order valence-electron chi connectivity index (χ1n) is 5.62. The minimum absolute atomic E-state index is 0.446. The molecule has 0 radical (unpaired) electrons. The Kier molecular flexibility index (Phi) is 2.94. The monoisotopic (exact) mass is 248 g/mol. The second-order valence-corrected chi connectivity index (χ2v) is 4.27. The van der Waals surface area contributed by atoms with Crippen molar-refractivity contribution in [3.05, 3.63) is 22.6 Å². The van der Waals surface area contributed by atoms with Crippen LogP contribution in [0.15, 0.2) is 0 Å². The Balaban J connectivity index is 2.49. The first-order chi connectivity index (χ1) is 8.45. The van der Waals surface area contributed by atoms with Gasteiger partial charge in [0.25, 0.3) is 0 Å². The number of aldehydes is 1. The molecule has 0 spiro atoms. The zero-order valence-electron chi connectivity index (χ0n) is 11.2. The quantitative estimate of drug-likeness (QED) is 0.775. The lowest BCUT2D eigenvalue weighted by Gasteiger charge is -2.06. The van der Waals surface area contributed by atoms with Crippen molar-refractivity contribution in [3.63, 3.8) is 0 Å². The third-order valence-electron chi connectivity index (χ3n) is 2.97. The maximum absolute atomic E-state index is 11.1. The predicted octanol–water partition coefficient (Wildman–Crippen LogP) is 1.68. The number of aromatic nitrogens is 4. The largest absolute Gasteiger partial charge is 0.435 e. The molecule has 96 valence electrons. The van der Waals surface area contributed by atoms with E-state index < -0.39 is 0 Å². The lowest BCUT2D eigenvalue weighted by Crippen LogP contribution is -1.98. The highest BCUT2D eigenvalue weighted by Crippen LogP contribution is 2.30. The summed E-state index contributed by atoms with van der Waals surface area (Å²) in [6.45, 7) is 5.56. The lowest BCUT2D eigenvalue weighted by molar-refractivity contribution is 0.112. The molecule has 0 aliphatic carbocycles. The maximum atomic E-state index is 11.1. The Hall–Kier alpha value is -2.11. The van der Waals surface area contributed by atoms with Crippen LogP contribution in [0.2, 0.25) is 0 Å². The molecule has 18 heavy (non-hydrogen) atoms. The summed E-state index contributed by atoms with van der Waals surface area (Å²) in [6, 6.07) is 0. The highest BCUT2D eigenvalue weighted by atomic mass is 16.5. The van der Waals surface area contributed by atoms with Crippen LogP contribution in [0.25, 0.3) is 0 Å². The summed E-state index contributed by atoms with van der Waals surface area (Å²) in [7, 11) is 3.60. The van der Waals surface area contributed by atoms with Gasteiger partial charge >= 0.3 is 0 Å². The van der Waals surface area contributed by atoms with E-state index in [-0.39, 0.29) is 0 Å². The van der Waals surface area contributed by atoms with Gasteiger partial charge in [0, 0.05) is 14.1 Å². The number of carbonyl (C=O) groups is 1. The molecule has 0 saturated heterocycles. The summed E-state index contributed by atoms with van der Waals surface area (Å²) in [6.07, 6.45) is 0.763. The van der Waals surface area contributed by atoms with E-state index in [0.717, 1.165) is 17.7 Å². The minimum atomic E-state index is 0.446. The third-order valence-corrected chi connectivity index (χ3v) is 2.97. The van der Waals surface area contributed by atoms with Crippen LogP contribution in [0.4, 0.5) is 0 Å². The van der Waals surface area contributed by atoms with Gasteiger partial charge in [-0.3, -0.25) is 9.48 Å². The smallest absolute Gasteiger partial charge is 0.228 e. The number of hydrogen-bond acceptors (Lipinski definition) is 4. The molecule has 6 nitrogen and oxygen atoms in total. The molecule has 0 aliphatic rings. The average molecular weight is 248 g/mol. The maximum Gasteiger partial charge on any atom is 0.228 e. The van der Waals surface area contributed by atoms with E-state index in [9.17, 15) is 4.79 Å².